The summed E-state index contributed by atoms with van der Waals surface area (Å²) < 4.78 is 0. The molecular formula is C12H17N3. The Morgan fingerprint density at radius 1 is 1.47 bits per heavy atom. The summed E-state index contributed by atoms with van der Waals surface area (Å²) in [7, 11) is 0. The molecule has 0 N–H and O–H groups in total. The molecule has 1 unspecified atom stereocenters. The van der Waals surface area contributed by atoms with Gasteiger partial charge in [0.1, 0.15) is 6.33 Å². The van der Waals surface area contributed by atoms with Gasteiger partial charge in [-0.05, 0) is 19.4 Å². The molecule has 0 aliphatic heterocycles. The molecule has 0 bridgehead atoms. The van der Waals surface area contributed by atoms with Gasteiger partial charge >= 0.3 is 0 Å². The van der Waals surface area contributed by atoms with E-state index < -0.39 is 0 Å². The molecule has 0 aliphatic carbocycles. The highest BCUT2D eigenvalue weighted by atomic mass is 14.8. The van der Waals surface area contributed by atoms with Crippen LogP contribution in [0.2, 0.25) is 0 Å². The van der Waals surface area contributed by atoms with Crippen molar-refractivity contribution in [1.29, 1.82) is 5.26 Å². The van der Waals surface area contributed by atoms with Gasteiger partial charge in [-0.15, -0.1) is 0 Å². The van der Waals surface area contributed by atoms with Crippen LogP contribution < -0.4 is 0 Å². The molecule has 3 nitrogen and oxygen atoms in total. The highest BCUT2D eigenvalue weighted by molar-refractivity contribution is 5.22. The Balaban J connectivity index is 3.09. The van der Waals surface area contributed by atoms with Gasteiger partial charge in [0.25, 0.3) is 0 Å². The van der Waals surface area contributed by atoms with Gasteiger partial charge in [0.05, 0.1) is 17.7 Å². The van der Waals surface area contributed by atoms with Crippen molar-refractivity contribution in [3.05, 3.63) is 23.8 Å². The van der Waals surface area contributed by atoms with E-state index in [0.717, 1.165) is 17.8 Å². The average molecular weight is 203 g/mol. The largest absolute Gasteiger partial charge is 0.241 e. The lowest BCUT2D eigenvalue weighted by atomic mass is 9.85. The maximum absolute atomic E-state index is 8.83. The molecule has 80 valence electrons. The number of rotatable bonds is 3. The van der Waals surface area contributed by atoms with E-state index >= 15 is 0 Å². The highest BCUT2D eigenvalue weighted by Crippen LogP contribution is 2.25. The van der Waals surface area contributed by atoms with Crippen LogP contribution in [0.1, 0.15) is 51.4 Å². The third kappa shape index (κ3) is 2.53. The summed E-state index contributed by atoms with van der Waals surface area (Å²) in [5.74, 6) is -0.167. The highest BCUT2D eigenvalue weighted by Gasteiger charge is 2.21. The van der Waals surface area contributed by atoms with Crippen molar-refractivity contribution in [2.45, 2.75) is 45.4 Å². The van der Waals surface area contributed by atoms with Gasteiger partial charge < -0.3 is 0 Å². The van der Waals surface area contributed by atoms with Gasteiger partial charge in [0, 0.05) is 11.1 Å². The zero-order valence-corrected chi connectivity index (χ0v) is 9.78. The van der Waals surface area contributed by atoms with Gasteiger partial charge in [-0.2, -0.15) is 5.26 Å². The van der Waals surface area contributed by atoms with Crippen LogP contribution in [0.4, 0.5) is 0 Å². The SMILES string of the molecule is CCC(C)(C)c1cc(C(C)C#N)ncn1. The smallest absolute Gasteiger partial charge is 0.116 e. The van der Waals surface area contributed by atoms with Crippen LogP contribution in [0, 0.1) is 11.3 Å². The third-order valence-electron chi connectivity index (χ3n) is 2.90. The summed E-state index contributed by atoms with van der Waals surface area (Å²) in [5, 5.41) is 8.83. The molecule has 1 rings (SSSR count). The standard InChI is InChI=1S/C12H17N3/c1-5-12(3,4)11-6-10(9(2)7-13)14-8-15-11/h6,8-9H,5H2,1-4H3. The van der Waals surface area contributed by atoms with Crippen LogP contribution in [-0.4, -0.2) is 9.97 Å². The fraction of sp³-hybridized carbons (Fsp3) is 0.583. The minimum atomic E-state index is -0.167. The van der Waals surface area contributed by atoms with Crippen LogP contribution in [0.25, 0.3) is 0 Å². The van der Waals surface area contributed by atoms with E-state index in [-0.39, 0.29) is 11.3 Å². The quantitative estimate of drug-likeness (QED) is 0.759. The molecule has 1 aromatic rings. The van der Waals surface area contributed by atoms with Gasteiger partial charge in [-0.25, -0.2) is 9.97 Å². The Labute approximate surface area is 91.2 Å². The van der Waals surface area contributed by atoms with Crippen LogP contribution in [0.3, 0.4) is 0 Å². The van der Waals surface area contributed by atoms with Crippen LogP contribution in [0.15, 0.2) is 12.4 Å². The number of nitriles is 1. The second kappa shape index (κ2) is 4.39. The Hall–Kier alpha value is -1.43. The molecule has 1 atom stereocenters. The van der Waals surface area contributed by atoms with E-state index in [1.807, 2.05) is 13.0 Å². The average Bonchev–Trinajstić information content (AvgIpc) is 2.28. The van der Waals surface area contributed by atoms with E-state index in [0.29, 0.717) is 0 Å². The van der Waals surface area contributed by atoms with Crippen molar-refractivity contribution in [3.63, 3.8) is 0 Å². The number of nitrogens with zero attached hydrogens (tertiary/aromatic N) is 3. The molecule has 0 saturated heterocycles. The number of hydrogen-bond acceptors (Lipinski definition) is 3. The van der Waals surface area contributed by atoms with Crippen LogP contribution in [-0.2, 0) is 5.41 Å². The topological polar surface area (TPSA) is 49.6 Å². The second-order valence-corrected chi connectivity index (χ2v) is 4.42. The molecule has 3 heteroatoms. The van der Waals surface area contributed by atoms with Crippen molar-refractivity contribution in [2.24, 2.45) is 0 Å². The summed E-state index contributed by atoms with van der Waals surface area (Å²) in [6.45, 7) is 8.28. The van der Waals surface area contributed by atoms with Gasteiger partial charge in [-0.1, -0.05) is 20.8 Å². The maximum atomic E-state index is 8.83. The first kappa shape index (κ1) is 11.6. The minimum absolute atomic E-state index is 0.0485. The van der Waals surface area contributed by atoms with Crippen LogP contribution in [0.5, 0.6) is 0 Å². The summed E-state index contributed by atoms with van der Waals surface area (Å²) in [6.07, 6.45) is 2.57. The third-order valence-corrected chi connectivity index (χ3v) is 2.90. The monoisotopic (exact) mass is 203 g/mol. The van der Waals surface area contributed by atoms with Crippen molar-refractivity contribution in [3.8, 4) is 6.07 Å². The fourth-order valence-electron chi connectivity index (χ4n) is 1.23. The Bertz CT molecular complexity index is 377. The van der Waals surface area contributed by atoms with Gasteiger partial charge in [0.2, 0.25) is 0 Å². The molecule has 0 spiro atoms. The Kier molecular flexibility index (Phi) is 3.41. The molecule has 0 aromatic carbocycles. The van der Waals surface area contributed by atoms with E-state index in [1.54, 1.807) is 6.33 Å². The van der Waals surface area contributed by atoms with E-state index in [2.05, 4.69) is 36.8 Å². The minimum Gasteiger partial charge on any atom is -0.241 e. The predicted molar refractivity (Wildman–Crippen MR) is 59.4 cm³/mol. The molecule has 0 saturated carbocycles. The van der Waals surface area contributed by atoms with E-state index in [4.69, 9.17) is 5.26 Å². The van der Waals surface area contributed by atoms with Crippen molar-refractivity contribution < 1.29 is 0 Å². The van der Waals surface area contributed by atoms with E-state index in [1.165, 1.54) is 0 Å². The lowest BCUT2D eigenvalue weighted by Gasteiger charge is -2.22. The predicted octanol–water partition coefficient (Wildman–Crippen LogP) is 2.79. The van der Waals surface area contributed by atoms with Crippen molar-refractivity contribution >= 4 is 0 Å². The molecule has 0 radical (unpaired) electrons. The first-order chi connectivity index (χ1) is 7.01. The van der Waals surface area contributed by atoms with Crippen molar-refractivity contribution in [2.75, 3.05) is 0 Å². The second-order valence-electron chi connectivity index (χ2n) is 4.42. The van der Waals surface area contributed by atoms with Crippen molar-refractivity contribution in [1.82, 2.24) is 9.97 Å². The maximum Gasteiger partial charge on any atom is 0.116 e. The zero-order chi connectivity index (χ0) is 11.5. The molecular weight excluding hydrogens is 186 g/mol. The number of aromatic nitrogens is 2. The lowest BCUT2D eigenvalue weighted by molar-refractivity contribution is 0.487. The molecule has 1 aromatic heterocycles. The molecule has 0 amide bonds. The molecule has 1 heterocycles. The Morgan fingerprint density at radius 3 is 2.67 bits per heavy atom. The summed E-state index contributed by atoms with van der Waals surface area (Å²) in [6, 6.07) is 4.13. The summed E-state index contributed by atoms with van der Waals surface area (Å²) >= 11 is 0. The summed E-state index contributed by atoms with van der Waals surface area (Å²) in [4.78, 5) is 8.40. The van der Waals surface area contributed by atoms with E-state index in [9.17, 15) is 0 Å². The summed E-state index contributed by atoms with van der Waals surface area (Å²) in [5.41, 5.74) is 1.87. The molecule has 0 fully saturated rings. The Morgan fingerprint density at radius 2 is 2.13 bits per heavy atom. The zero-order valence-electron chi connectivity index (χ0n) is 9.78. The van der Waals surface area contributed by atoms with Gasteiger partial charge in [-0.3, -0.25) is 0 Å². The first-order valence-corrected chi connectivity index (χ1v) is 5.23. The molecule has 15 heavy (non-hydrogen) atoms. The fourth-order valence-corrected chi connectivity index (χ4v) is 1.23. The lowest BCUT2D eigenvalue weighted by Crippen LogP contribution is -2.18. The molecule has 0 aliphatic rings. The van der Waals surface area contributed by atoms with Gasteiger partial charge in [0.15, 0.2) is 0 Å². The first-order valence-electron chi connectivity index (χ1n) is 5.23. The van der Waals surface area contributed by atoms with Crippen LogP contribution >= 0.6 is 0 Å². The normalized spacial score (nSPS) is 13.3. The number of hydrogen-bond donors (Lipinski definition) is 0.